The predicted molar refractivity (Wildman–Crippen MR) is 118 cm³/mol. The Balaban J connectivity index is 1.12. The summed E-state index contributed by atoms with van der Waals surface area (Å²) >= 11 is 0. The first-order valence-corrected chi connectivity index (χ1v) is 10.9. The van der Waals surface area contributed by atoms with E-state index in [1.807, 2.05) is 36.4 Å². The molecule has 11 heteroatoms. The van der Waals surface area contributed by atoms with Crippen molar-refractivity contribution in [3.63, 3.8) is 0 Å². The highest BCUT2D eigenvalue weighted by Gasteiger charge is 2.38. The van der Waals surface area contributed by atoms with Gasteiger partial charge in [-0.25, -0.2) is 9.37 Å². The number of anilines is 1. The average molecular weight is 474 g/mol. The third-order valence-electron chi connectivity index (χ3n) is 5.93. The Morgan fingerprint density at radius 2 is 1.88 bits per heavy atom. The van der Waals surface area contributed by atoms with Crippen molar-refractivity contribution in [2.45, 2.75) is 31.2 Å². The van der Waals surface area contributed by atoms with Crippen LogP contribution in [0.25, 0.3) is 22.4 Å². The second-order valence-corrected chi connectivity index (χ2v) is 8.33. The number of H-pyrrole nitrogens is 1. The number of aromatic amines is 1. The van der Waals surface area contributed by atoms with Crippen molar-refractivity contribution in [1.29, 1.82) is 0 Å². The van der Waals surface area contributed by atoms with Gasteiger partial charge in [0.05, 0.1) is 17.1 Å². The van der Waals surface area contributed by atoms with Crippen LogP contribution in [0.5, 0.6) is 0 Å². The van der Waals surface area contributed by atoms with E-state index in [-0.39, 0.29) is 11.9 Å². The highest BCUT2D eigenvalue weighted by atomic mass is 19.4. The maximum Gasteiger partial charge on any atom is 0.471 e. The van der Waals surface area contributed by atoms with E-state index in [4.69, 9.17) is 0 Å². The zero-order valence-electron chi connectivity index (χ0n) is 18.0. The molecule has 0 saturated carbocycles. The molecule has 0 bridgehead atoms. The summed E-state index contributed by atoms with van der Waals surface area (Å²) in [7, 11) is 0. The number of hydrogen-bond donors (Lipinski definition) is 2. The number of rotatable bonds is 6. The average Bonchev–Trinajstić information content (AvgIpc) is 3.47. The Morgan fingerprint density at radius 3 is 2.59 bits per heavy atom. The van der Waals surface area contributed by atoms with Crippen LogP contribution in [0, 0.1) is 0 Å². The number of benzene rings is 2. The number of aromatic nitrogens is 4. The van der Waals surface area contributed by atoms with Crippen molar-refractivity contribution in [1.82, 2.24) is 25.0 Å². The smallest absolute Gasteiger partial charge is 0.350 e. The number of fused-ring (bicyclic) bond motifs is 1. The van der Waals surface area contributed by atoms with Gasteiger partial charge < -0.3 is 14.8 Å². The van der Waals surface area contributed by atoms with E-state index in [9.17, 15) is 17.6 Å². The van der Waals surface area contributed by atoms with Crippen LogP contribution in [0.2, 0.25) is 0 Å². The minimum Gasteiger partial charge on any atom is -0.350 e. The van der Waals surface area contributed by atoms with Gasteiger partial charge in [0.25, 0.3) is 0 Å². The first-order chi connectivity index (χ1) is 16.3. The molecule has 2 aromatic carbocycles. The van der Waals surface area contributed by atoms with Crippen LogP contribution in [0.3, 0.4) is 0 Å². The monoisotopic (exact) mass is 474 g/mol. The molecule has 178 valence electrons. The number of alkyl halides is 4. The molecule has 0 amide bonds. The third-order valence-corrected chi connectivity index (χ3v) is 5.93. The Labute approximate surface area is 192 Å². The second-order valence-electron chi connectivity index (χ2n) is 8.33. The molecule has 1 aliphatic heterocycles. The van der Waals surface area contributed by atoms with Gasteiger partial charge in [0.2, 0.25) is 11.8 Å². The molecule has 7 nitrogen and oxygen atoms in total. The first kappa shape index (κ1) is 22.3. The largest absolute Gasteiger partial charge is 0.471 e. The molecular weight excluding hydrogens is 452 g/mol. The van der Waals surface area contributed by atoms with Crippen LogP contribution in [-0.2, 0) is 12.6 Å². The van der Waals surface area contributed by atoms with E-state index in [0.717, 1.165) is 23.1 Å². The van der Waals surface area contributed by atoms with Gasteiger partial charge in [-0.1, -0.05) is 41.6 Å². The topological polar surface area (TPSA) is 82.9 Å². The van der Waals surface area contributed by atoms with Crippen LogP contribution in [0.15, 0.2) is 53.1 Å². The van der Waals surface area contributed by atoms with Crippen molar-refractivity contribution in [2.75, 3.05) is 25.0 Å². The summed E-state index contributed by atoms with van der Waals surface area (Å²) in [6.07, 6.45) is -4.37. The minimum atomic E-state index is -4.67. The lowest BCUT2D eigenvalue weighted by Gasteiger charge is -2.35. The van der Waals surface area contributed by atoms with Crippen LogP contribution < -0.4 is 5.32 Å². The summed E-state index contributed by atoms with van der Waals surface area (Å²) < 4.78 is 57.0. The van der Waals surface area contributed by atoms with E-state index in [0.29, 0.717) is 37.4 Å². The van der Waals surface area contributed by atoms with E-state index in [1.165, 1.54) is 0 Å². The Kier molecular flexibility index (Phi) is 5.94. The highest BCUT2D eigenvalue weighted by molar-refractivity contribution is 5.77. The van der Waals surface area contributed by atoms with E-state index in [1.54, 1.807) is 12.1 Å². The fraction of sp³-hybridized carbons (Fsp3) is 0.348. The van der Waals surface area contributed by atoms with E-state index >= 15 is 0 Å². The summed E-state index contributed by atoms with van der Waals surface area (Å²) in [5.41, 5.74) is 3.17. The molecule has 3 heterocycles. The molecule has 0 spiro atoms. The Morgan fingerprint density at radius 1 is 1.09 bits per heavy atom. The third kappa shape index (κ3) is 4.89. The van der Waals surface area contributed by atoms with Gasteiger partial charge in [-0.3, -0.25) is 4.90 Å². The summed E-state index contributed by atoms with van der Waals surface area (Å²) in [6, 6.07) is 14.3. The van der Waals surface area contributed by atoms with Crippen molar-refractivity contribution >= 4 is 17.0 Å². The number of piperidine rings is 1. The Bertz CT molecular complexity index is 1220. The second kappa shape index (κ2) is 9.05. The van der Waals surface area contributed by atoms with Gasteiger partial charge in [-0.15, -0.1) is 0 Å². The lowest BCUT2D eigenvalue weighted by atomic mass is 10.0. The number of likely N-dealkylation sites (tertiary alicyclic amines) is 1. The molecule has 2 aromatic heterocycles. The minimum absolute atomic E-state index is 0.113. The van der Waals surface area contributed by atoms with Crippen molar-refractivity contribution in [2.24, 2.45) is 0 Å². The van der Waals surface area contributed by atoms with Crippen molar-refractivity contribution in [3.05, 3.63) is 60.0 Å². The molecule has 2 unspecified atom stereocenters. The molecule has 4 aromatic rings. The number of nitrogens with one attached hydrogen (secondary N) is 2. The maximum atomic E-state index is 14.8. The molecule has 1 saturated heterocycles. The van der Waals surface area contributed by atoms with Gasteiger partial charge >= 0.3 is 12.1 Å². The Hall–Kier alpha value is -3.47. The van der Waals surface area contributed by atoms with E-state index in [2.05, 4.69) is 34.8 Å². The number of imidazole rings is 1. The molecule has 0 aliphatic carbocycles. The maximum absolute atomic E-state index is 14.8. The normalized spacial score (nSPS) is 19.5. The zero-order valence-corrected chi connectivity index (χ0v) is 18.0. The van der Waals surface area contributed by atoms with Crippen LogP contribution in [0.1, 0.15) is 17.9 Å². The molecular formula is C23H22F4N6O. The van der Waals surface area contributed by atoms with Gasteiger partial charge in [-0.05, 0) is 30.5 Å². The number of nitrogens with zero attached hydrogens (tertiary/aromatic N) is 4. The summed E-state index contributed by atoms with van der Waals surface area (Å²) in [6.45, 7) is 1.75. The van der Waals surface area contributed by atoms with Crippen molar-refractivity contribution in [3.8, 4) is 11.4 Å². The van der Waals surface area contributed by atoms with Crippen LogP contribution in [-0.4, -0.2) is 56.9 Å². The molecule has 0 radical (unpaired) electrons. The molecule has 34 heavy (non-hydrogen) atoms. The summed E-state index contributed by atoms with van der Waals surface area (Å²) in [4.78, 5) is 13.1. The van der Waals surface area contributed by atoms with Gasteiger partial charge in [0.15, 0.2) is 0 Å². The first-order valence-electron chi connectivity index (χ1n) is 10.9. The van der Waals surface area contributed by atoms with Crippen LogP contribution in [0.4, 0.5) is 23.5 Å². The van der Waals surface area contributed by atoms with Crippen LogP contribution >= 0.6 is 0 Å². The fourth-order valence-electron chi connectivity index (χ4n) is 4.09. The number of halogens is 4. The molecule has 1 aliphatic rings. The number of para-hydroxylation sites is 2. The van der Waals surface area contributed by atoms with E-state index < -0.39 is 18.2 Å². The SMILES string of the molecule is FC1CN(CCc2ccc(-c3noc(C(F)(F)F)n3)cc2)CCC1Nc1nc2ccccc2[nH]1. The van der Waals surface area contributed by atoms with Gasteiger partial charge in [0.1, 0.15) is 6.17 Å². The lowest BCUT2D eigenvalue weighted by molar-refractivity contribution is -0.159. The van der Waals surface area contributed by atoms with Crippen molar-refractivity contribution < 1.29 is 22.1 Å². The fourth-order valence-corrected chi connectivity index (χ4v) is 4.09. The quantitative estimate of drug-likeness (QED) is 0.394. The number of hydrogen-bond acceptors (Lipinski definition) is 6. The molecule has 2 N–H and O–H groups in total. The molecule has 5 rings (SSSR count). The zero-order chi connectivity index (χ0) is 23.7. The summed E-state index contributed by atoms with van der Waals surface area (Å²) in [5, 5.41) is 6.58. The van der Waals surface area contributed by atoms with Gasteiger partial charge in [0, 0.05) is 25.2 Å². The predicted octanol–water partition coefficient (Wildman–Crippen LogP) is 4.70. The highest BCUT2D eigenvalue weighted by Crippen LogP contribution is 2.29. The lowest BCUT2D eigenvalue weighted by Crippen LogP contribution is -2.48. The summed E-state index contributed by atoms with van der Waals surface area (Å²) in [5.74, 6) is -0.907. The molecule has 1 fully saturated rings. The standard InChI is InChI=1S/C23H22F4N6O/c24-16-13-33(12-10-17(16)28-22-29-18-3-1-2-4-19(18)30-22)11-9-14-5-7-15(8-6-14)20-31-21(34-32-20)23(25,26)27/h1-8,16-17H,9-13H2,(H2,28,29,30). The molecule has 2 atom stereocenters. The van der Waals surface area contributed by atoms with Gasteiger partial charge in [-0.2, -0.15) is 18.2 Å².